The number of benzene rings is 1. The Kier molecular flexibility index (Phi) is 3.83. The highest BCUT2D eigenvalue weighted by Crippen LogP contribution is 2.47. The van der Waals surface area contributed by atoms with Gasteiger partial charge < -0.3 is 14.9 Å². The van der Waals surface area contributed by atoms with Crippen LogP contribution in [0.4, 0.5) is 5.69 Å². The summed E-state index contributed by atoms with van der Waals surface area (Å²) in [5.41, 5.74) is -0.494. The maximum absolute atomic E-state index is 12.8. The lowest BCUT2D eigenvalue weighted by molar-refractivity contribution is -0.155. The van der Waals surface area contributed by atoms with E-state index in [9.17, 15) is 19.5 Å². The summed E-state index contributed by atoms with van der Waals surface area (Å²) in [5.74, 6) is -1.67. The van der Waals surface area contributed by atoms with Crippen molar-refractivity contribution in [2.75, 3.05) is 18.5 Å². The van der Waals surface area contributed by atoms with E-state index in [0.717, 1.165) is 12.1 Å². The number of piperidine rings is 1. The van der Waals surface area contributed by atoms with Gasteiger partial charge in [-0.3, -0.25) is 14.4 Å². The molecule has 0 bridgehead atoms. The summed E-state index contributed by atoms with van der Waals surface area (Å²) in [6.07, 6.45) is 2.06. The Balaban J connectivity index is 1.79. The van der Waals surface area contributed by atoms with Gasteiger partial charge in [-0.05, 0) is 37.8 Å². The number of hydrogen-bond acceptors (Lipinski definition) is 3. The van der Waals surface area contributed by atoms with Crippen LogP contribution in [0, 0.1) is 5.41 Å². The van der Waals surface area contributed by atoms with Gasteiger partial charge in [0.15, 0.2) is 0 Å². The van der Waals surface area contributed by atoms with Crippen molar-refractivity contribution in [2.24, 2.45) is 5.41 Å². The van der Waals surface area contributed by atoms with Gasteiger partial charge in [0.2, 0.25) is 11.8 Å². The lowest BCUT2D eigenvalue weighted by Gasteiger charge is -2.37. The van der Waals surface area contributed by atoms with Crippen LogP contribution in [0.2, 0.25) is 0 Å². The Bertz CT molecular complexity index is 639. The molecule has 1 saturated carbocycles. The fourth-order valence-electron chi connectivity index (χ4n) is 3.20. The SMILES string of the molecule is CN(C(=O)C1(C(=O)O)CC1)[C@@H]1CCCN(c2ccccc2)C1=O. The van der Waals surface area contributed by atoms with Crippen molar-refractivity contribution in [1.82, 2.24) is 4.90 Å². The number of amides is 2. The van der Waals surface area contributed by atoms with Crippen molar-refractivity contribution in [3.63, 3.8) is 0 Å². The second kappa shape index (κ2) is 5.68. The van der Waals surface area contributed by atoms with Gasteiger partial charge in [-0.25, -0.2) is 0 Å². The van der Waals surface area contributed by atoms with Crippen molar-refractivity contribution in [3.05, 3.63) is 30.3 Å². The van der Waals surface area contributed by atoms with E-state index in [1.54, 1.807) is 11.9 Å². The molecule has 122 valence electrons. The molecule has 0 aromatic heterocycles. The Labute approximate surface area is 134 Å². The van der Waals surface area contributed by atoms with Crippen LogP contribution in [0.1, 0.15) is 25.7 Å². The van der Waals surface area contributed by atoms with Crippen molar-refractivity contribution in [3.8, 4) is 0 Å². The Morgan fingerprint density at radius 2 is 1.91 bits per heavy atom. The van der Waals surface area contributed by atoms with Crippen molar-refractivity contribution in [2.45, 2.75) is 31.7 Å². The molecule has 2 amide bonds. The second-order valence-electron chi connectivity index (χ2n) is 6.29. The smallest absolute Gasteiger partial charge is 0.319 e. The summed E-state index contributed by atoms with van der Waals surface area (Å²) in [6.45, 7) is 0.617. The fraction of sp³-hybridized carbons (Fsp3) is 0.471. The molecule has 1 aliphatic carbocycles. The maximum Gasteiger partial charge on any atom is 0.319 e. The molecule has 2 fully saturated rings. The molecule has 1 aromatic rings. The highest BCUT2D eigenvalue weighted by molar-refractivity contribution is 6.07. The van der Waals surface area contributed by atoms with Crippen LogP contribution in [0.25, 0.3) is 0 Å². The Morgan fingerprint density at radius 3 is 2.48 bits per heavy atom. The zero-order valence-corrected chi connectivity index (χ0v) is 13.1. The number of para-hydroxylation sites is 1. The summed E-state index contributed by atoms with van der Waals surface area (Å²) in [4.78, 5) is 39.7. The number of nitrogens with zero attached hydrogens (tertiary/aromatic N) is 2. The van der Waals surface area contributed by atoms with Crippen LogP contribution in [0.5, 0.6) is 0 Å². The normalized spacial score (nSPS) is 22.6. The van der Waals surface area contributed by atoms with Crippen molar-refractivity contribution < 1.29 is 19.5 Å². The quantitative estimate of drug-likeness (QED) is 0.854. The molecule has 1 saturated heterocycles. The van der Waals surface area contributed by atoms with Crippen molar-refractivity contribution >= 4 is 23.5 Å². The number of carbonyl (C=O) groups is 3. The standard InChI is InChI=1S/C17H20N2O4/c1-18(15(21)17(9-10-17)16(22)23)13-8-5-11-19(14(13)20)12-6-3-2-4-7-12/h2-4,6-7,13H,5,8-11H2,1H3,(H,22,23)/t13-/m1/s1. The number of carbonyl (C=O) groups excluding carboxylic acids is 2. The largest absolute Gasteiger partial charge is 0.480 e. The summed E-state index contributed by atoms with van der Waals surface area (Å²) in [6, 6.07) is 8.75. The van der Waals surface area contributed by atoms with Crippen LogP contribution in [-0.2, 0) is 14.4 Å². The van der Waals surface area contributed by atoms with Crippen LogP contribution in [0.15, 0.2) is 30.3 Å². The van der Waals surface area contributed by atoms with Gasteiger partial charge in [0, 0.05) is 19.3 Å². The number of carboxylic acid groups (broad SMARTS) is 1. The molecule has 6 heteroatoms. The maximum atomic E-state index is 12.8. The van der Waals surface area contributed by atoms with Crippen LogP contribution in [-0.4, -0.2) is 47.4 Å². The van der Waals surface area contributed by atoms with Gasteiger partial charge in [0.25, 0.3) is 0 Å². The summed E-state index contributed by atoms with van der Waals surface area (Å²) in [5, 5.41) is 9.27. The summed E-state index contributed by atoms with van der Waals surface area (Å²) in [7, 11) is 1.54. The van der Waals surface area contributed by atoms with Crippen LogP contribution in [0.3, 0.4) is 0 Å². The molecular weight excluding hydrogens is 296 g/mol. The molecule has 1 atom stereocenters. The average molecular weight is 316 g/mol. The first-order chi connectivity index (χ1) is 11.0. The fourth-order valence-corrected chi connectivity index (χ4v) is 3.20. The first-order valence-electron chi connectivity index (χ1n) is 7.84. The number of aliphatic carboxylic acids is 1. The third-order valence-corrected chi connectivity index (χ3v) is 4.83. The van der Waals surface area contributed by atoms with Crippen molar-refractivity contribution in [1.29, 1.82) is 0 Å². The number of likely N-dealkylation sites (N-methyl/N-ethyl adjacent to an activating group) is 1. The zero-order valence-electron chi connectivity index (χ0n) is 13.1. The van der Waals surface area contributed by atoms with E-state index in [0.29, 0.717) is 25.8 Å². The third-order valence-electron chi connectivity index (χ3n) is 4.83. The molecule has 1 aliphatic heterocycles. The van der Waals surface area contributed by atoms with Gasteiger partial charge >= 0.3 is 5.97 Å². The van der Waals surface area contributed by atoms with E-state index in [1.165, 1.54) is 4.90 Å². The van der Waals surface area contributed by atoms with Gasteiger partial charge in [-0.15, -0.1) is 0 Å². The van der Waals surface area contributed by atoms with E-state index in [-0.39, 0.29) is 5.91 Å². The molecular formula is C17H20N2O4. The van der Waals surface area contributed by atoms with Gasteiger partial charge in [0.05, 0.1) is 0 Å². The lowest BCUT2D eigenvalue weighted by Crippen LogP contribution is -2.55. The highest BCUT2D eigenvalue weighted by Gasteiger charge is 2.59. The minimum absolute atomic E-state index is 0.139. The molecule has 2 aliphatic rings. The molecule has 6 nitrogen and oxygen atoms in total. The van der Waals surface area contributed by atoms with Crippen LogP contribution < -0.4 is 4.90 Å². The molecule has 1 aromatic carbocycles. The van der Waals surface area contributed by atoms with E-state index >= 15 is 0 Å². The first kappa shape index (κ1) is 15.5. The van der Waals surface area contributed by atoms with Crippen LogP contribution >= 0.6 is 0 Å². The molecule has 23 heavy (non-hydrogen) atoms. The van der Waals surface area contributed by atoms with Gasteiger partial charge in [-0.1, -0.05) is 18.2 Å². The third kappa shape index (κ3) is 2.58. The summed E-state index contributed by atoms with van der Waals surface area (Å²) < 4.78 is 0. The minimum Gasteiger partial charge on any atom is -0.480 e. The van der Waals surface area contributed by atoms with E-state index < -0.39 is 23.3 Å². The lowest BCUT2D eigenvalue weighted by atomic mass is 9.99. The van der Waals surface area contributed by atoms with Gasteiger partial charge in [-0.2, -0.15) is 0 Å². The number of anilines is 1. The van der Waals surface area contributed by atoms with E-state index in [2.05, 4.69) is 0 Å². The molecule has 0 radical (unpaired) electrons. The monoisotopic (exact) mass is 316 g/mol. The molecule has 0 unspecified atom stereocenters. The van der Waals surface area contributed by atoms with E-state index in [4.69, 9.17) is 0 Å². The zero-order chi connectivity index (χ0) is 16.6. The Hall–Kier alpha value is -2.37. The number of carboxylic acids is 1. The van der Waals surface area contributed by atoms with Gasteiger partial charge in [0.1, 0.15) is 11.5 Å². The molecule has 3 rings (SSSR count). The Morgan fingerprint density at radius 1 is 1.26 bits per heavy atom. The first-order valence-corrected chi connectivity index (χ1v) is 7.84. The van der Waals surface area contributed by atoms with E-state index in [1.807, 2.05) is 30.3 Å². The highest BCUT2D eigenvalue weighted by atomic mass is 16.4. The summed E-state index contributed by atoms with van der Waals surface area (Å²) >= 11 is 0. The predicted molar refractivity (Wildman–Crippen MR) is 83.9 cm³/mol. The number of rotatable bonds is 4. The topological polar surface area (TPSA) is 77.9 Å². The number of hydrogen-bond donors (Lipinski definition) is 1. The molecule has 1 N–H and O–H groups in total. The minimum atomic E-state index is -1.30. The average Bonchev–Trinajstić information content (AvgIpc) is 3.36. The molecule has 0 spiro atoms. The predicted octanol–water partition coefficient (Wildman–Crippen LogP) is 1.51. The molecule has 1 heterocycles. The second-order valence-corrected chi connectivity index (χ2v) is 6.29.